The Balaban J connectivity index is 1.84. The Morgan fingerprint density at radius 3 is 2.42 bits per heavy atom. The lowest BCUT2D eigenvalue weighted by atomic mass is 9.95. The molecule has 2 aromatic heterocycles. The number of fused-ring (bicyclic) bond motifs is 3. The standard InChI is InChI=1S/C21H20N4O/c26-20-17-13-7-8-14-18(17)25-21(24(20)16-11-5-2-6-12-16)22-19(23-25)15-9-3-1-4-10-15/h1,3-4,7-10,13-14,16H,2,5-6,11-12H2. The lowest BCUT2D eigenvalue weighted by Crippen LogP contribution is -2.28. The Kier molecular flexibility index (Phi) is 3.59. The molecule has 0 unspecified atom stereocenters. The van der Waals surface area contributed by atoms with E-state index in [2.05, 4.69) is 0 Å². The first kappa shape index (κ1) is 15.3. The summed E-state index contributed by atoms with van der Waals surface area (Å²) in [6, 6.07) is 17.8. The summed E-state index contributed by atoms with van der Waals surface area (Å²) in [5.74, 6) is 1.31. The third-order valence-electron chi connectivity index (χ3n) is 5.36. The first-order valence-electron chi connectivity index (χ1n) is 9.28. The van der Waals surface area contributed by atoms with Crippen molar-refractivity contribution in [3.05, 3.63) is 65.0 Å². The van der Waals surface area contributed by atoms with E-state index in [4.69, 9.17) is 10.1 Å². The monoisotopic (exact) mass is 344 g/mol. The molecular formula is C21H20N4O. The average molecular weight is 344 g/mol. The molecule has 1 aliphatic carbocycles. The van der Waals surface area contributed by atoms with Gasteiger partial charge in [-0.1, -0.05) is 61.7 Å². The van der Waals surface area contributed by atoms with Gasteiger partial charge in [0, 0.05) is 11.6 Å². The van der Waals surface area contributed by atoms with Gasteiger partial charge in [0.25, 0.3) is 5.56 Å². The average Bonchev–Trinajstić information content (AvgIpc) is 3.15. The lowest BCUT2D eigenvalue weighted by molar-refractivity contribution is 0.351. The summed E-state index contributed by atoms with van der Waals surface area (Å²) in [5, 5.41) is 5.46. The summed E-state index contributed by atoms with van der Waals surface area (Å²) in [6.45, 7) is 0. The van der Waals surface area contributed by atoms with Gasteiger partial charge < -0.3 is 0 Å². The van der Waals surface area contributed by atoms with Crippen LogP contribution >= 0.6 is 0 Å². The number of para-hydroxylation sites is 1. The number of benzene rings is 2. The molecule has 0 spiro atoms. The lowest BCUT2D eigenvalue weighted by Gasteiger charge is -2.24. The number of rotatable bonds is 2. The molecule has 5 heteroatoms. The van der Waals surface area contributed by atoms with Gasteiger partial charge in [-0.2, -0.15) is 9.50 Å². The van der Waals surface area contributed by atoms with Crippen molar-refractivity contribution in [2.24, 2.45) is 0 Å². The molecule has 4 aromatic rings. The van der Waals surface area contributed by atoms with Crippen LogP contribution in [0.4, 0.5) is 0 Å². The molecule has 26 heavy (non-hydrogen) atoms. The van der Waals surface area contributed by atoms with Crippen molar-refractivity contribution in [3.63, 3.8) is 0 Å². The summed E-state index contributed by atoms with van der Waals surface area (Å²) in [5.41, 5.74) is 1.82. The molecule has 0 saturated heterocycles. The molecule has 0 bridgehead atoms. The Morgan fingerprint density at radius 2 is 1.62 bits per heavy atom. The second kappa shape index (κ2) is 6.09. The second-order valence-electron chi connectivity index (χ2n) is 7.00. The zero-order valence-electron chi connectivity index (χ0n) is 14.5. The highest BCUT2D eigenvalue weighted by Crippen LogP contribution is 2.29. The van der Waals surface area contributed by atoms with Crippen molar-refractivity contribution in [3.8, 4) is 11.4 Å². The first-order chi connectivity index (χ1) is 12.8. The molecule has 0 radical (unpaired) electrons. The van der Waals surface area contributed by atoms with Crippen molar-refractivity contribution in [1.82, 2.24) is 19.2 Å². The molecule has 130 valence electrons. The molecule has 0 amide bonds. The summed E-state index contributed by atoms with van der Waals surface area (Å²) >= 11 is 0. The van der Waals surface area contributed by atoms with Crippen LogP contribution in [-0.2, 0) is 0 Å². The van der Waals surface area contributed by atoms with Gasteiger partial charge in [0.05, 0.1) is 10.9 Å². The molecule has 0 atom stereocenters. The number of aromatic nitrogens is 4. The number of hydrogen-bond donors (Lipinski definition) is 0. The molecule has 2 aromatic carbocycles. The largest absolute Gasteiger partial charge is 0.273 e. The van der Waals surface area contributed by atoms with Crippen LogP contribution in [0.5, 0.6) is 0 Å². The van der Waals surface area contributed by atoms with Gasteiger partial charge in [-0.25, -0.2) is 0 Å². The van der Waals surface area contributed by atoms with Crippen LogP contribution in [0.1, 0.15) is 38.1 Å². The van der Waals surface area contributed by atoms with Crippen LogP contribution in [0.3, 0.4) is 0 Å². The Hall–Kier alpha value is -2.95. The summed E-state index contributed by atoms with van der Waals surface area (Å²) in [4.78, 5) is 18.1. The van der Waals surface area contributed by atoms with E-state index >= 15 is 0 Å². The van der Waals surface area contributed by atoms with Gasteiger partial charge in [0.2, 0.25) is 5.78 Å². The van der Waals surface area contributed by atoms with Gasteiger partial charge in [0.15, 0.2) is 5.82 Å². The van der Waals surface area contributed by atoms with Crippen LogP contribution in [-0.4, -0.2) is 19.2 Å². The van der Waals surface area contributed by atoms with E-state index in [1.54, 1.807) is 0 Å². The zero-order chi connectivity index (χ0) is 17.5. The van der Waals surface area contributed by atoms with Crippen molar-refractivity contribution < 1.29 is 0 Å². The van der Waals surface area contributed by atoms with Gasteiger partial charge in [-0.15, -0.1) is 5.10 Å². The van der Waals surface area contributed by atoms with Gasteiger partial charge in [-0.05, 0) is 25.0 Å². The van der Waals surface area contributed by atoms with Crippen LogP contribution in [0.15, 0.2) is 59.4 Å². The van der Waals surface area contributed by atoms with Crippen LogP contribution < -0.4 is 5.56 Å². The third-order valence-corrected chi connectivity index (χ3v) is 5.36. The summed E-state index contributed by atoms with van der Waals surface area (Å²) in [7, 11) is 0. The first-order valence-corrected chi connectivity index (χ1v) is 9.28. The topological polar surface area (TPSA) is 52.2 Å². The number of hydrogen-bond acceptors (Lipinski definition) is 3. The minimum absolute atomic E-state index is 0.0482. The van der Waals surface area contributed by atoms with Crippen LogP contribution in [0.2, 0.25) is 0 Å². The van der Waals surface area contributed by atoms with E-state index in [1.165, 1.54) is 6.42 Å². The quantitative estimate of drug-likeness (QED) is 0.547. The van der Waals surface area contributed by atoms with Gasteiger partial charge >= 0.3 is 0 Å². The summed E-state index contributed by atoms with van der Waals surface area (Å²) in [6.07, 6.45) is 5.63. The maximum absolute atomic E-state index is 13.3. The Labute approximate surface area is 150 Å². The predicted molar refractivity (Wildman–Crippen MR) is 102 cm³/mol. The molecule has 1 aliphatic rings. The van der Waals surface area contributed by atoms with Gasteiger partial charge in [-0.3, -0.25) is 9.36 Å². The molecule has 2 heterocycles. The molecule has 1 saturated carbocycles. The third kappa shape index (κ3) is 2.35. The Bertz CT molecular complexity index is 1140. The molecule has 0 N–H and O–H groups in total. The molecule has 5 nitrogen and oxygen atoms in total. The highest BCUT2D eigenvalue weighted by atomic mass is 16.1. The maximum atomic E-state index is 13.3. The van der Waals surface area contributed by atoms with E-state index in [0.717, 1.165) is 36.8 Å². The summed E-state index contributed by atoms with van der Waals surface area (Å²) < 4.78 is 3.73. The zero-order valence-corrected chi connectivity index (χ0v) is 14.5. The van der Waals surface area contributed by atoms with E-state index < -0.39 is 0 Å². The molecule has 0 aliphatic heterocycles. The fourth-order valence-electron chi connectivity index (χ4n) is 4.06. The number of nitrogens with zero attached hydrogens (tertiary/aromatic N) is 4. The SMILES string of the molecule is O=c1c2ccccc2n2nc(-c3ccccc3)nc2n1C1CCCCC1. The van der Waals surface area contributed by atoms with Crippen molar-refractivity contribution in [2.75, 3.05) is 0 Å². The highest BCUT2D eigenvalue weighted by molar-refractivity contribution is 5.80. The fourth-order valence-corrected chi connectivity index (χ4v) is 4.06. The van der Waals surface area contributed by atoms with E-state index in [9.17, 15) is 4.79 Å². The highest BCUT2D eigenvalue weighted by Gasteiger charge is 2.23. The Morgan fingerprint density at radius 1 is 0.885 bits per heavy atom. The van der Waals surface area contributed by atoms with Crippen LogP contribution in [0, 0.1) is 0 Å². The predicted octanol–water partition coefficient (Wildman–Crippen LogP) is 4.22. The molecular weight excluding hydrogens is 324 g/mol. The van der Waals surface area contributed by atoms with E-state index in [0.29, 0.717) is 17.0 Å². The smallest absolute Gasteiger partial charge is 0.263 e. The normalized spacial score (nSPS) is 15.7. The minimum Gasteiger partial charge on any atom is -0.273 e. The molecule has 5 rings (SSSR count). The van der Waals surface area contributed by atoms with Gasteiger partial charge in [0.1, 0.15) is 0 Å². The molecule has 1 fully saturated rings. The van der Waals surface area contributed by atoms with Crippen molar-refractivity contribution >= 4 is 16.7 Å². The van der Waals surface area contributed by atoms with E-state index in [-0.39, 0.29) is 11.6 Å². The maximum Gasteiger partial charge on any atom is 0.263 e. The van der Waals surface area contributed by atoms with Crippen LogP contribution in [0.25, 0.3) is 28.1 Å². The fraction of sp³-hybridized carbons (Fsp3) is 0.286. The minimum atomic E-state index is 0.0482. The van der Waals surface area contributed by atoms with E-state index in [1.807, 2.05) is 63.7 Å². The second-order valence-corrected chi connectivity index (χ2v) is 7.00. The van der Waals surface area contributed by atoms with Crippen molar-refractivity contribution in [2.45, 2.75) is 38.1 Å². The van der Waals surface area contributed by atoms with Crippen molar-refractivity contribution in [1.29, 1.82) is 0 Å².